The first kappa shape index (κ1) is 12.9. The van der Waals surface area contributed by atoms with Crippen LogP contribution in [-0.2, 0) is 6.54 Å². The number of rotatable bonds is 3. The van der Waals surface area contributed by atoms with Crippen LogP contribution in [0.4, 0.5) is 0 Å². The predicted octanol–water partition coefficient (Wildman–Crippen LogP) is 2.33. The second kappa shape index (κ2) is 5.10. The van der Waals surface area contributed by atoms with E-state index in [1.807, 2.05) is 26.0 Å². The number of nitrogens with two attached hydrogens (primary N) is 1. The van der Waals surface area contributed by atoms with Crippen molar-refractivity contribution < 1.29 is 4.52 Å². The second-order valence-corrected chi connectivity index (χ2v) is 5.40. The molecule has 0 aliphatic rings. The van der Waals surface area contributed by atoms with Gasteiger partial charge in [-0.05, 0) is 25.5 Å². The standard InChI is InChI=1S/C13H13N5OS/c1-7-4-3-5-15-10(7)12-17-13(19-18-12)11-8(2)16-9(6-14)20-11/h3-5H,6,14H2,1-2H3. The summed E-state index contributed by atoms with van der Waals surface area (Å²) in [5.41, 5.74) is 8.18. The molecule has 0 aromatic carbocycles. The molecule has 20 heavy (non-hydrogen) atoms. The van der Waals surface area contributed by atoms with Crippen LogP contribution in [-0.4, -0.2) is 20.1 Å². The Labute approximate surface area is 119 Å². The Kier molecular flexibility index (Phi) is 3.29. The highest BCUT2D eigenvalue weighted by molar-refractivity contribution is 7.15. The highest BCUT2D eigenvalue weighted by atomic mass is 32.1. The van der Waals surface area contributed by atoms with Crippen molar-refractivity contribution in [2.45, 2.75) is 20.4 Å². The minimum absolute atomic E-state index is 0.409. The van der Waals surface area contributed by atoms with E-state index in [0.717, 1.165) is 26.8 Å². The summed E-state index contributed by atoms with van der Waals surface area (Å²) in [4.78, 5) is 13.9. The summed E-state index contributed by atoms with van der Waals surface area (Å²) in [6.45, 7) is 4.27. The topological polar surface area (TPSA) is 90.7 Å². The summed E-state index contributed by atoms with van der Waals surface area (Å²) in [7, 11) is 0. The van der Waals surface area contributed by atoms with Crippen LogP contribution in [0.1, 0.15) is 16.3 Å². The van der Waals surface area contributed by atoms with E-state index < -0.39 is 0 Å². The molecule has 0 spiro atoms. The number of thiazole rings is 1. The van der Waals surface area contributed by atoms with Crippen LogP contribution in [0.15, 0.2) is 22.9 Å². The molecule has 0 aliphatic heterocycles. The Morgan fingerprint density at radius 1 is 1.30 bits per heavy atom. The second-order valence-electron chi connectivity index (χ2n) is 4.32. The molecule has 3 rings (SSSR count). The Hall–Kier alpha value is -2.12. The van der Waals surface area contributed by atoms with E-state index in [4.69, 9.17) is 10.3 Å². The van der Waals surface area contributed by atoms with E-state index >= 15 is 0 Å². The van der Waals surface area contributed by atoms with Gasteiger partial charge in [0.05, 0.1) is 5.69 Å². The fourth-order valence-corrected chi connectivity index (χ4v) is 2.73. The van der Waals surface area contributed by atoms with Crippen LogP contribution in [0.3, 0.4) is 0 Å². The normalized spacial score (nSPS) is 10.9. The van der Waals surface area contributed by atoms with Gasteiger partial charge in [0, 0.05) is 12.7 Å². The molecular weight excluding hydrogens is 274 g/mol. The lowest BCUT2D eigenvalue weighted by Gasteiger charge is -1.96. The number of pyridine rings is 1. The molecule has 0 fully saturated rings. The number of hydrogen-bond donors (Lipinski definition) is 1. The number of aromatic nitrogens is 4. The summed E-state index contributed by atoms with van der Waals surface area (Å²) in [5, 5.41) is 4.85. The van der Waals surface area contributed by atoms with Crippen LogP contribution in [0.5, 0.6) is 0 Å². The summed E-state index contributed by atoms with van der Waals surface area (Å²) in [6, 6.07) is 3.84. The summed E-state index contributed by atoms with van der Waals surface area (Å²) in [5.74, 6) is 0.944. The van der Waals surface area contributed by atoms with Crippen molar-refractivity contribution in [1.82, 2.24) is 20.1 Å². The number of hydrogen-bond acceptors (Lipinski definition) is 7. The van der Waals surface area contributed by atoms with E-state index in [1.54, 1.807) is 6.20 Å². The largest absolute Gasteiger partial charge is 0.333 e. The van der Waals surface area contributed by atoms with Gasteiger partial charge in [-0.3, -0.25) is 4.98 Å². The average Bonchev–Trinajstić information content (AvgIpc) is 3.05. The van der Waals surface area contributed by atoms with Crippen LogP contribution in [0.2, 0.25) is 0 Å². The number of nitrogens with zero attached hydrogens (tertiary/aromatic N) is 4. The van der Waals surface area contributed by atoms with Crippen LogP contribution < -0.4 is 5.73 Å². The molecule has 2 N–H and O–H groups in total. The molecule has 7 heteroatoms. The Morgan fingerprint density at radius 3 is 2.85 bits per heavy atom. The van der Waals surface area contributed by atoms with E-state index in [2.05, 4.69) is 20.1 Å². The minimum Gasteiger partial charge on any atom is -0.333 e. The molecule has 3 aromatic heterocycles. The van der Waals surface area contributed by atoms with Crippen LogP contribution >= 0.6 is 11.3 Å². The van der Waals surface area contributed by atoms with Gasteiger partial charge in [-0.25, -0.2) is 4.98 Å². The van der Waals surface area contributed by atoms with Crippen molar-refractivity contribution in [3.8, 4) is 22.3 Å². The van der Waals surface area contributed by atoms with Crippen molar-refractivity contribution in [2.24, 2.45) is 5.73 Å². The van der Waals surface area contributed by atoms with E-state index in [-0.39, 0.29) is 0 Å². The van der Waals surface area contributed by atoms with Crippen molar-refractivity contribution in [3.63, 3.8) is 0 Å². The Bertz CT molecular complexity index is 749. The van der Waals surface area contributed by atoms with Gasteiger partial charge in [0.2, 0.25) is 5.82 Å². The Balaban J connectivity index is 2.02. The molecule has 0 radical (unpaired) electrons. The molecule has 0 bridgehead atoms. The fraction of sp³-hybridized carbons (Fsp3) is 0.231. The van der Waals surface area contributed by atoms with Crippen molar-refractivity contribution in [3.05, 3.63) is 34.6 Å². The lowest BCUT2D eigenvalue weighted by atomic mass is 10.2. The highest BCUT2D eigenvalue weighted by Crippen LogP contribution is 2.30. The first-order chi connectivity index (χ1) is 9.69. The minimum atomic E-state index is 0.409. The fourth-order valence-electron chi connectivity index (χ4n) is 1.87. The van der Waals surface area contributed by atoms with Gasteiger partial charge in [0.25, 0.3) is 5.89 Å². The Morgan fingerprint density at radius 2 is 2.15 bits per heavy atom. The molecule has 0 saturated carbocycles. The third kappa shape index (κ3) is 2.21. The summed E-state index contributed by atoms with van der Waals surface area (Å²) < 4.78 is 5.33. The van der Waals surface area contributed by atoms with Gasteiger partial charge in [-0.2, -0.15) is 4.98 Å². The third-order valence-electron chi connectivity index (χ3n) is 2.86. The van der Waals surface area contributed by atoms with Gasteiger partial charge >= 0.3 is 0 Å². The molecule has 0 amide bonds. The van der Waals surface area contributed by atoms with Gasteiger partial charge < -0.3 is 10.3 Å². The van der Waals surface area contributed by atoms with Gasteiger partial charge in [0.15, 0.2) is 0 Å². The van der Waals surface area contributed by atoms with E-state index in [9.17, 15) is 0 Å². The molecule has 0 unspecified atom stereocenters. The maximum Gasteiger partial charge on any atom is 0.270 e. The molecule has 3 heterocycles. The third-order valence-corrected chi connectivity index (χ3v) is 4.02. The quantitative estimate of drug-likeness (QED) is 0.795. The van der Waals surface area contributed by atoms with Crippen LogP contribution in [0.25, 0.3) is 22.3 Å². The van der Waals surface area contributed by atoms with E-state index in [0.29, 0.717) is 18.3 Å². The number of aryl methyl sites for hydroxylation is 2. The summed E-state index contributed by atoms with van der Waals surface area (Å²) >= 11 is 1.47. The monoisotopic (exact) mass is 287 g/mol. The van der Waals surface area contributed by atoms with Crippen LogP contribution in [0, 0.1) is 13.8 Å². The highest BCUT2D eigenvalue weighted by Gasteiger charge is 2.17. The molecule has 0 saturated heterocycles. The lowest BCUT2D eigenvalue weighted by Crippen LogP contribution is -1.94. The smallest absolute Gasteiger partial charge is 0.270 e. The van der Waals surface area contributed by atoms with Gasteiger partial charge in [-0.1, -0.05) is 11.2 Å². The zero-order valence-electron chi connectivity index (χ0n) is 11.1. The van der Waals surface area contributed by atoms with E-state index in [1.165, 1.54) is 11.3 Å². The van der Waals surface area contributed by atoms with Crippen molar-refractivity contribution in [2.75, 3.05) is 0 Å². The van der Waals surface area contributed by atoms with Crippen molar-refractivity contribution >= 4 is 11.3 Å². The zero-order valence-corrected chi connectivity index (χ0v) is 11.9. The SMILES string of the molecule is Cc1cccnc1-c1noc(-c2sc(CN)nc2C)n1. The van der Waals surface area contributed by atoms with Gasteiger partial charge in [0.1, 0.15) is 15.6 Å². The molecule has 3 aromatic rings. The molecule has 0 atom stereocenters. The van der Waals surface area contributed by atoms with Gasteiger partial charge in [-0.15, -0.1) is 11.3 Å². The predicted molar refractivity (Wildman–Crippen MR) is 76.0 cm³/mol. The maximum atomic E-state index is 5.60. The first-order valence-corrected chi connectivity index (χ1v) is 6.93. The lowest BCUT2D eigenvalue weighted by molar-refractivity contribution is 0.432. The first-order valence-electron chi connectivity index (χ1n) is 6.11. The molecule has 6 nitrogen and oxygen atoms in total. The van der Waals surface area contributed by atoms with Crippen molar-refractivity contribution in [1.29, 1.82) is 0 Å². The molecule has 102 valence electrons. The molecule has 0 aliphatic carbocycles. The average molecular weight is 287 g/mol. The maximum absolute atomic E-state index is 5.60. The summed E-state index contributed by atoms with van der Waals surface area (Å²) in [6.07, 6.45) is 1.71. The molecular formula is C13H13N5OS. The zero-order chi connectivity index (χ0) is 14.1.